The van der Waals surface area contributed by atoms with Crippen molar-refractivity contribution in [2.24, 2.45) is 10.7 Å². The van der Waals surface area contributed by atoms with Crippen molar-refractivity contribution in [3.05, 3.63) is 47.5 Å². The van der Waals surface area contributed by atoms with Gasteiger partial charge in [0.25, 0.3) is 0 Å². The number of carbonyl (C=O) groups is 1. The van der Waals surface area contributed by atoms with Crippen molar-refractivity contribution in [3.8, 4) is 5.75 Å². The highest BCUT2D eigenvalue weighted by Crippen LogP contribution is 2.29. The lowest BCUT2D eigenvalue weighted by atomic mass is 10.2. The Labute approximate surface area is 156 Å². The number of benzene rings is 2. The van der Waals surface area contributed by atoms with E-state index in [9.17, 15) is 4.79 Å². The van der Waals surface area contributed by atoms with Crippen molar-refractivity contribution in [3.63, 3.8) is 0 Å². The number of nitrogens with zero attached hydrogens (tertiary/aromatic N) is 1. The average Bonchev–Trinajstić information content (AvgIpc) is 2.63. The molecule has 136 valence electrons. The Morgan fingerprint density at radius 3 is 2.96 bits per heavy atom. The molecule has 2 aromatic carbocycles. The number of ether oxygens (including phenoxy) is 1. The number of halogens is 1. The van der Waals surface area contributed by atoms with Gasteiger partial charge in [-0.3, -0.25) is 5.32 Å². The first-order chi connectivity index (χ1) is 12.7. The second-order valence-corrected chi connectivity index (χ2v) is 6.08. The lowest BCUT2D eigenvalue weighted by Gasteiger charge is -2.18. The van der Waals surface area contributed by atoms with Crippen LogP contribution in [0.1, 0.15) is 6.42 Å². The number of fused-ring (bicyclic) bond motifs is 1. The number of urea groups is 1. The Morgan fingerprint density at radius 1 is 1.27 bits per heavy atom. The second kappa shape index (κ2) is 8.55. The molecule has 0 unspecified atom stereocenters. The number of nitrogens with one attached hydrogen (secondary N) is 3. The lowest BCUT2D eigenvalue weighted by Crippen LogP contribution is -2.39. The van der Waals surface area contributed by atoms with Crippen LogP contribution in [0.15, 0.2) is 47.5 Å². The molecule has 1 heterocycles. The van der Waals surface area contributed by atoms with Gasteiger partial charge in [-0.2, -0.15) is 0 Å². The zero-order valence-corrected chi connectivity index (χ0v) is 14.8. The summed E-state index contributed by atoms with van der Waals surface area (Å²) in [6.45, 7) is 1.42. The Bertz CT molecular complexity index is 825. The van der Waals surface area contributed by atoms with Crippen molar-refractivity contribution in [2.45, 2.75) is 6.42 Å². The molecule has 26 heavy (non-hydrogen) atoms. The third-order valence-electron chi connectivity index (χ3n) is 3.66. The molecule has 0 saturated heterocycles. The highest BCUT2D eigenvalue weighted by atomic mass is 35.5. The van der Waals surface area contributed by atoms with E-state index in [4.69, 9.17) is 22.1 Å². The molecule has 1 aliphatic rings. The largest absolute Gasteiger partial charge is 0.491 e. The summed E-state index contributed by atoms with van der Waals surface area (Å²) in [5.74, 6) is 1.06. The van der Waals surface area contributed by atoms with Gasteiger partial charge in [0.1, 0.15) is 11.6 Å². The highest BCUT2D eigenvalue weighted by Gasteiger charge is 2.14. The van der Waals surface area contributed by atoms with Gasteiger partial charge in [0, 0.05) is 5.02 Å². The minimum atomic E-state index is -0.420. The highest BCUT2D eigenvalue weighted by molar-refractivity contribution is 6.31. The fourth-order valence-electron chi connectivity index (χ4n) is 2.43. The third kappa shape index (κ3) is 4.65. The fraction of sp³-hybridized carbons (Fsp3) is 0.222. The second-order valence-electron chi connectivity index (χ2n) is 5.64. The van der Waals surface area contributed by atoms with E-state index >= 15 is 0 Å². The summed E-state index contributed by atoms with van der Waals surface area (Å²) >= 11 is 6.03. The van der Waals surface area contributed by atoms with Crippen LogP contribution < -0.4 is 26.4 Å². The molecule has 0 atom stereocenters. The predicted molar refractivity (Wildman–Crippen MR) is 105 cm³/mol. The van der Waals surface area contributed by atoms with Crippen molar-refractivity contribution >= 4 is 40.5 Å². The van der Waals surface area contributed by atoms with Gasteiger partial charge in [0.05, 0.1) is 30.2 Å². The van der Waals surface area contributed by atoms with E-state index in [-0.39, 0.29) is 0 Å². The maximum Gasteiger partial charge on any atom is 0.324 e. The van der Waals surface area contributed by atoms with Gasteiger partial charge in [-0.25, -0.2) is 9.79 Å². The number of nitrogens with two attached hydrogens (primary N) is 1. The van der Waals surface area contributed by atoms with Crippen LogP contribution in [0.2, 0.25) is 5.02 Å². The smallest absolute Gasteiger partial charge is 0.324 e. The summed E-state index contributed by atoms with van der Waals surface area (Å²) in [5, 5.41) is 9.19. The van der Waals surface area contributed by atoms with Crippen LogP contribution in [-0.4, -0.2) is 31.6 Å². The van der Waals surface area contributed by atoms with Gasteiger partial charge in [-0.1, -0.05) is 23.7 Å². The number of hydrogen-bond donors (Lipinski definition) is 4. The van der Waals surface area contributed by atoms with Crippen LogP contribution in [-0.2, 0) is 0 Å². The molecule has 3 rings (SSSR count). The summed E-state index contributed by atoms with van der Waals surface area (Å²) in [7, 11) is 0. The quantitative estimate of drug-likeness (QED) is 0.604. The van der Waals surface area contributed by atoms with E-state index in [1.165, 1.54) is 0 Å². The summed E-state index contributed by atoms with van der Waals surface area (Å²) in [4.78, 5) is 16.8. The maximum absolute atomic E-state index is 12.3. The van der Waals surface area contributed by atoms with Crippen LogP contribution in [0.25, 0.3) is 0 Å². The monoisotopic (exact) mass is 373 g/mol. The first-order valence-electron chi connectivity index (χ1n) is 8.26. The summed E-state index contributed by atoms with van der Waals surface area (Å²) in [5.41, 5.74) is 7.67. The summed E-state index contributed by atoms with van der Waals surface area (Å²) in [6, 6.07) is 12.3. The van der Waals surface area contributed by atoms with Gasteiger partial charge >= 0.3 is 6.03 Å². The molecule has 8 heteroatoms. The first kappa shape index (κ1) is 18.0. The topological polar surface area (TPSA) is 101 Å². The molecule has 0 fully saturated rings. The minimum Gasteiger partial charge on any atom is -0.491 e. The van der Waals surface area contributed by atoms with E-state index in [0.29, 0.717) is 42.0 Å². The normalized spacial score (nSPS) is 12.5. The number of amidine groups is 1. The van der Waals surface area contributed by atoms with Crippen LogP contribution in [0.3, 0.4) is 0 Å². The molecule has 5 N–H and O–H groups in total. The molecular weight excluding hydrogens is 354 g/mol. The van der Waals surface area contributed by atoms with E-state index in [1.54, 1.807) is 18.2 Å². The lowest BCUT2D eigenvalue weighted by molar-refractivity contribution is 0.255. The molecule has 0 bridgehead atoms. The molecule has 7 nitrogen and oxygen atoms in total. The summed E-state index contributed by atoms with van der Waals surface area (Å²) in [6.07, 6.45) is 0.718. The van der Waals surface area contributed by atoms with Gasteiger partial charge in [-0.05, 0) is 43.3 Å². The van der Waals surface area contributed by atoms with Crippen LogP contribution in [0, 0.1) is 0 Å². The van der Waals surface area contributed by atoms with Gasteiger partial charge < -0.3 is 21.1 Å². The zero-order valence-electron chi connectivity index (χ0n) is 14.1. The van der Waals surface area contributed by atoms with E-state index in [1.807, 2.05) is 24.3 Å². The molecule has 0 aliphatic carbocycles. The number of amides is 2. The molecule has 2 aromatic rings. The molecule has 0 spiro atoms. The van der Waals surface area contributed by atoms with Crippen molar-refractivity contribution in [1.29, 1.82) is 0 Å². The maximum atomic E-state index is 12.3. The van der Waals surface area contributed by atoms with Crippen molar-refractivity contribution < 1.29 is 9.53 Å². The predicted octanol–water partition coefficient (Wildman–Crippen LogP) is 3.34. The van der Waals surface area contributed by atoms with Crippen LogP contribution >= 0.6 is 11.6 Å². The number of carbonyl (C=O) groups excluding carboxylic acids is 1. The minimum absolute atomic E-state index is 0.420. The number of rotatable bonds is 5. The average molecular weight is 374 g/mol. The molecular formula is C18H20ClN5O2. The molecule has 0 saturated carbocycles. The Kier molecular flexibility index (Phi) is 5.93. The summed E-state index contributed by atoms with van der Waals surface area (Å²) < 4.78 is 5.65. The fourth-order valence-corrected chi connectivity index (χ4v) is 2.60. The van der Waals surface area contributed by atoms with Gasteiger partial charge in [-0.15, -0.1) is 0 Å². The van der Waals surface area contributed by atoms with E-state index in [2.05, 4.69) is 20.9 Å². The number of anilines is 2. The van der Waals surface area contributed by atoms with Crippen LogP contribution in [0.5, 0.6) is 5.75 Å². The SMILES string of the molecule is NCCCOc1ccc(Cl)cc1NC(=O)NC1=Nc2ccccc2NC1. The number of para-hydroxylation sites is 2. The third-order valence-corrected chi connectivity index (χ3v) is 3.89. The standard InChI is InChI=1S/C18H20ClN5O2/c19-12-6-7-16(26-9-3-8-20)15(10-12)23-18(25)24-17-11-21-13-4-1-2-5-14(13)22-17/h1-2,4-7,10,21H,3,8-9,11,20H2,(H2,22,23,24,25). The van der Waals surface area contributed by atoms with Crippen molar-refractivity contribution in [2.75, 3.05) is 30.3 Å². The van der Waals surface area contributed by atoms with Gasteiger partial charge in [0.2, 0.25) is 0 Å². The van der Waals surface area contributed by atoms with Crippen molar-refractivity contribution in [1.82, 2.24) is 5.32 Å². The molecule has 2 amide bonds. The van der Waals surface area contributed by atoms with Gasteiger partial charge in [0.15, 0.2) is 0 Å². The Balaban J connectivity index is 1.67. The first-order valence-corrected chi connectivity index (χ1v) is 8.64. The Hall–Kier alpha value is -2.77. The van der Waals surface area contributed by atoms with E-state index < -0.39 is 6.03 Å². The number of hydrogen-bond acceptors (Lipinski definition) is 5. The Morgan fingerprint density at radius 2 is 2.12 bits per heavy atom. The van der Waals surface area contributed by atoms with Crippen LogP contribution in [0.4, 0.5) is 21.9 Å². The van der Waals surface area contributed by atoms with E-state index in [0.717, 1.165) is 17.8 Å². The number of aliphatic imine (C=N–C) groups is 1. The molecule has 1 aliphatic heterocycles. The zero-order chi connectivity index (χ0) is 18.4. The molecule has 0 radical (unpaired) electrons. The molecule has 0 aromatic heterocycles.